The van der Waals surface area contributed by atoms with Crippen molar-refractivity contribution in [3.05, 3.63) is 36.0 Å². The molecule has 0 saturated carbocycles. The molecule has 0 amide bonds. The molecule has 112 valence electrons. The summed E-state index contributed by atoms with van der Waals surface area (Å²) in [7, 11) is -3.75. The monoisotopic (exact) mass is 306 g/mol. The van der Waals surface area contributed by atoms with Gasteiger partial charge in [-0.15, -0.1) is 0 Å². The van der Waals surface area contributed by atoms with E-state index in [1.807, 2.05) is 25.1 Å². The fourth-order valence-corrected chi connectivity index (χ4v) is 3.71. The van der Waals surface area contributed by atoms with Gasteiger partial charge in [-0.3, -0.25) is 0 Å². The molecule has 0 unspecified atom stereocenters. The molecule has 3 rings (SSSR count). The molecule has 5 nitrogen and oxygen atoms in total. The van der Waals surface area contributed by atoms with Crippen molar-refractivity contribution in [1.29, 1.82) is 0 Å². The van der Waals surface area contributed by atoms with E-state index in [1.54, 1.807) is 12.1 Å². The third-order valence-electron chi connectivity index (χ3n) is 3.65. The molecule has 1 fully saturated rings. The van der Waals surface area contributed by atoms with E-state index in [2.05, 4.69) is 4.98 Å². The van der Waals surface area contributed by atoms with Crippen LogP contribution in [-0.4, -0.2) is 30.8 Å². The van der Waals surface area contributed by atoms with Gasteiger partial charge in [-0.25, -0.2) is 4.98 Å². The molecule has 2 aromatic rings. The molecule has 0 aliphatic carbocycles. The Bertz CT molecular complexity index is 753. The minimum absolute atomic E-state index is 0.293. The predicted octanol–water partition coefficient (Wildman–Crippen LogP) is 2.65. The number of benzene rings is 1. The first-order valence-electron chi connectivity index (χ1n) is 7.12. The molecular formula is C15H18N2O3S. The highest BCUT2D eigenvalue weighted by Crippen LogP contribution is 2.26. The minimum atomic E-state index is -3.75. The zero-order chi connectivity index (χ0) is 14.9. The normalized spacial score (nSPS) is 17.0. The number of rotatable bonds is 3. The highest BCUT2D eigenvalue weighted by atomic mass is 32.2. The van der Waals surface area contributed by atoms with E-state index in [-0.39, 0.29) is 0 Å². The third kappa shape index (κ3) is 3.01. The fraction of sp³-hybridized carbons (Fsp3) is 0.400. The highest BCUT2D eigenvalue weighted by Gasteiger charge is 2.26. The smallest absolute Gasteiger partial charge is 0.368 e. The van der Waals surface area contributed by atoms with Gasteiger partial charge in [0.15, 0.2) is 5.75 Å². The van der Waals surface area contributed by atoms with E-state index in [4.69, 9.17) is 4.18 Å². The Kier molecular flexibility index (Phi) is 3.82. The van der Waals surface area contributed by atoms with Crippen molar-refractivity contribution < 1.29 is 12.6 Å². The SMILES string of the molecule is Cc1ccc2cccc(OS(=O)(=O)N3CCCCC3)c2n1. The van der Waals surface area contributed by atoms with E-state index in [0.29, 0.717) is 24.4 Å². The van der Waals surface area contributed by atoms with Crippen LogP contribution in [0.15, 0.2) is 30.3 Å². The second-order valence-corrected chi connectivity index (χ2v) is 6.82. The molecule has 0 N–H and O–H groups in total. The average Bonchev–Trinajstić information content (AvgIpc) is 2.48. The van der Waals surface area contributed by atoms with Crippen LogP contribution in [0.2, 0.25) is 0 Å². The van der Waals surface area contributed by atoms with Crippen molar-refractivity contribution in [2.24, 2.45) is 0 Å². The lowest BCUT2D eigenvalue weighted by atomic mass is 10.2. The number of para-hydroxylation sites is 1. The van der Waals surface area contributed by atoms with Crippen molar-refractivity contribution in [3.8, 4) is 5.75 Å². The second kappa shape index (κ2) is 5.61. The number of fused-ring (bicyclic) bond motifs is 1. The molecule has 1 saturated heterocycles. The molecular weight excluding hydrogens is 288 g/mol. The van der Waals surface area contributed by atoms with Crippen molar-refractivity contribution in [2.45, 2.75) is 26.2 Å². The van der Waals surface area contributed by atoms with Crippen molar-refractivity contribution in [3.63, 3.8) is 0 Å². The molecule has 1 aromatic carbocycles. The summed E-state index contributed by atoms with van der Waals surface area (Å²) in [5.41, 5.74) is 1.41. The zero-order valence-corrected chi connectivity index (χ0v) is 12.8. The Labute approximate surface area is 124 Å². The minimum Gasteiger partial charge on any atom is -0.368 e. The number of hydrogen-bond donors (Lipinski definition) is 0. The molecule has 0 spiro atoms. The molecule has 1 aromatic heterocycles. The first kappa shape index (κ1) is 14.3. The van der Waals surface area contributed by atoms with Gasteiger partial charge in [0, 0.05) is 24.2 Å². The van der Waals surface area contributed by atoms with Gasteiger partial charge in [-0.1, -0.05) is 24.6 Å². The van der Waals surface area contributed by atoms with Crippen molar-refractivity contribution >= 4 is 21.2 Å². The molecule has 1 aliphatic heterocycles. The summed E-state index contributed by atoms with van der Waals surface area (Å²) < 4.78 is 31.5. The van der Waals surface area contributed by atoms with Gasteiger partial charge in [-0.05, 0) is 31.9 Å². The second-order valence-electron chi connectivity index (χ2n) is 5.28. The fourth-order valence-electron chi connectivity index (χ4n) is 2.54. The van der Waals surface area contributed by atoms with Crippen LogP contribution >= 0.6 is 0 Å². The maximum absolute atomic E-state index is 12.4. The summed E-state index contributed by atoms with van der Waals surface area (Å²) in [5, 5.41) is 0.868. The van der Waals surface area contributed by atoms with Gasteiger partial charge in [0.2, 0.25) is 0 Å². The summed E-state index contributed by atoms with van der Waals surface area (Å²) in [6.07, 6.45) is 2.84. The standard InChI is InChI=1S/C15H18N2O3S/c1-12-8-9-13-6-5-7-14(15(13)16-12)20-21(18,19)17-10-3-2-4-11-17/h5-9H,2-4,10-11H2,1H3. The summed E-state index contributed by atoms with van der Waals surface area (Å²) in [6, 6.07) is 9.13. The maximum Gasteiger partial charge on any atom is 0.385 e. The Morgan fingerprint density at radius 2 is 1.86 bits per heavy atom. The van der Waals surface area contributed by atoms with Crippen LogP contribution in [0.5, 0.6) is 5.75 Å². The molecule has 6 heteroatoms. The Morgan fingerprint density at radius 1 is 1.10 bits per heavy atom. The van der Waals surface area contributed by atoms with Crippen LogP contribution < -0.4 is 4.18 Å². The van der Waals surface area contributed by atoms with Gasteiger partial charge >= 0.3 is 10.3 Å². The Hall–Kier alpha value is -1.66. The predicted molar refractivity (Wildman–Crippen MR) is 81.5 cm³/mol. The van der Waals surface area contributed by atoms with E-state index in [0.717, 1.165) is 30.3 Å². The number of aromatic nitrogens is 1. The van der Waals surface area contributed by atoms with Gasteiger partial charge in [0.1, 0.15) is 5.52 Å². The van der Waals surface area contributed by atoms with E-state index < -0.39 is 10.3 Å². The van der Waals surface area contributed by atoms with Crippen LogP contribution in [0.4, 0.5) is 0 Å². The maximum atomic E-state index is 12.4. The largest absolute Gasteiger partial charge is 0.385 e. The number of hydrogen-bond acceptors (Lipinski definition) is 4. The van der Waals surface area contributed by atoms with Crippen LogP contribution in [0.25, 0.3) is 10.9 Å². The highest BCUT2D eigenvalue weighted by molar-refractivity contribution is 7.84. The molecule has 0 radical (unpaired) electrons. The van der Waals surface area contributed by atoms with E-state index in [1.165, 1.54) is 4.31 Å². The van der Waals surface area contributed by atoms with Gasteiger partial charge in [-0.2, -0.15) is 12.7 Å². The summed E-state index contributed by atoms with van der Waals surface area (Å²) in [6.45, 7) is 2.93. The quantitative estimate of drug-likeness (QED) is 0.874. The van der Waals surface area contributed by atoms with Gasteiger partial charge < -0.3 is 4.18 Å². The van der Waals surface area contributed by atoms with Gasteiger partial charge in [0.05, 0.1) is 0 Å². The topological polar surface area (TPSA) is 59.5 Å². The third-order valence-corrected chi connectivity index (χ3v) is 5.04. The lowest BCUT2D eigenvalue weighted by molar-refractivity contribution is 0.312. The number of piperidine rings is 1. The van der Waals surface area contributed by atoms with Crippen LogP contribution in [0.3, 0.4) is 0 Å². The molecule has 0 atom stereocenters. The van der Waals surface area contributed by atoms with E-state index >= 15 is 0 Å². The summed E-state index contributed by atoms with van der Waals surface area (Å²) >= 11 is 0. The number of aryl methyl sites for hydroxylation is 1. The summed E-state index contributed by atoms with van der Waals surface area (Å²) in [4.78, 5) is 4.40. The molecule has 1 aliphatic rings. The number of pyridine rings is 1. The van der Waals surface area contributed by atoms with Crippen LogP contribution in [0, 0.1) is 6.92 Å². The molecule has 0 bridgehead atoms. The summed E-state index contributed by atoms with van der Waals surface area (Å²) in [5.74, 6) is 0.293. The number of nitrogens with zero attached hydrogens (tertiary/aromatic N) is 2. The molecule has 21 heavy (non-hydrogen) atoms. The first-order valence-corrected chi connectivity index (χ1v) is 8.49. The average molecular weight is 306 g/mol. The van der Waals surface area contributed by atoms with Crippen molar-refractivity contribution in [2.75, 3.05) is 13.1 Å². The zero-order valence-electron chi connectivity index (χ0n) is 11.9. The van der Waals surface area contributed by atoms with Crippen LogP contribution in [0.1, 0.15) is 25.0 Å². The Balaban J connectivity index is 1.95. The van der Waals surface area contributed by atoms with Gasteiger partial charge in [0.25, 0.3) is 0 Å². The Morgan fingerprint density at radius 3 is 2.62 bits per heavy atom. The van der Waals surface area contributed by atoms with Crippen molar-refractivity contribution in [1.82, 2.24) is 9.29 Å². The van der Waals surface area contributed by atoms with Crippen LogP contribution in [-0.2, 0) is 10.3 Å². The lowest BCUT2D eigenvalue weighted by Gasteiger charge is -2.25. The van der Waals surface area contributed by atoms with E-state index in [9.17, 15) is 8.42 Å². The molecule has 2 heterocycles. The first-order chi connectivity index (χ1) is 10.1. The lowest BCUT2D eigenvalue weighted by Crippen LogP contribution is -2.38.